The molecule has 0 fully saturated rings. The number of ether oxygens (including phenoxy) is 1. The quantitative estimate of drug-likeness (QED) is 0.472. The van der Waals surface area contributed by atoms with Gasteiger partial charge in [0.05, 0.1) is 18.9 Å². The average Bonchev–Trinajstić information content (AvgIpc) is 3.46. The molecule has 9 nitrogen and oxygen atoms in total. The summed E-state index contributed by atoms with van der Waals surface area (Å²) in [6.07, 6.45) is 3.04. The minimum atomic E-state index is -0.245. The van der Waals surface area contributed by atoms with Crippen LogP contribution in [0.25, 0.3) is 0 Å². The van der Waals surface area contributed by atoms with Crippen LogP contribution in [0.2, 0.25) is 0 Å². The van der Waals surface area contributed by atoms with Crippen LogP contribution >= 0.6 is 0 Å². The summed E-state index contributed by atoms with van der Waals surface area (Å²) >= 11 is 0. The molecule has 34 heavy (non-hydrogen) atoms. The van der Waals surface area contributed by atoms with Crippen LogP contribution < -0.4 is 10.1 Å². The van der Waals surface area contributed by atoms with Gasteiger partial charge in [0, 0.05) is 32.6 Å². The molecular weight excluding hydrogens is 434 g/mol. The molecule has 1 aliphatic rings. The highest BCUT2D eigenvalue weighted by molar-refractivity contribution is 5.91. The van der Waals surface area contributed by atoms with Gasteiger partial charge in [-0.2, -0.15) is 0 Å². The molecule has 1 amide bonds. The van der Waals surface area contributed by atoms with E-state index in [0.29, 0.717) is 11.7 Å². The lowest BCUT2D eigenvalue weighted by molar-refractivity contribution is 0.0900. The van der Waals surface area contributed by atoms with Gasteiger partial charge in [0.15, 0.2) is 11.6 Å². The van der Waals surface area contributed by atoms with Crippen molar-refractivity contribution >= 4 is 5.91 Å². The summed E-state index contributed by atoms with van der Waals surface area (Å²) in [7, 11) is 0. The van der Waals surface area contributed by atoms with Crippen molar-refractivity contribution in [2.75, 3.05) is 26.3 Å². The summed E-state index contributed by atoms with van der Waals surface area (Å²) in [4.78, 5) is 15.1. The Morgan fingerprint density at radius 2 is 2.09 bits per heavy atom. The van der Waals surface area contributed by atoms with Gasteiger partial charge < -0.3 is 24.1 Å². The van der Waals surface area contributed by atoms with Crippen LogP contribution in [-0.4, -0.2) is 57.0 Å². The van der Waals surface area contributed by atoms with Crippen LogP contribution in [0.15, 0.2) is 47.1 Å². The second-order valence-electron chi connectivity index (χ2n) is 9.00. The minimum absolute atomic E-state index is 0.00203. The fourth-order valence-corrected chi connectivity index (χ4v) is 4.30. The Bertz CT molecular complexity index is 1060. The van der Waals surface area contributed by atoms with Crippen molar-refractivity contribution in [1.29, 1.82) is 0 Å². The van der Waals surface area contributed by atoms with Crippen molar-refractivity contribution in [3.63, 3.8) is 0 Å². The molecule has 1 aliphatic heterocycles. The van der Waals surface area contributed by atoms with E-state index in [9.17, 15) is 4.79 Å². The molecule has 2 aromatic heterocycles. The molecule has 0 saturated heterocycles. The largest absolute Gasteiger partial charge is 0.491 e. The van der Waals surface area contributed by atoms with E-state index in [1.54, 1.807) is 12.1 Å². The first-order chi connectivity index (χ1) is 16.5. The van der Waals surface area contributed by atoms with E-state index in [1.807, 2.05) is 18.2 Å². The molecule has 0 unspecified atom stereocenters. The summed E-state index contributed by atoms with van der Waals surface area (Å²) in [5, 5.41) is 21.0. The van der Waals surface area contributed by atoms with E-state index >= 15 is 0 Å². The molecule has 0 spiro atoms. The summed E-state index contributed by atoms with van der Waals surface area (Å²) in [5.41, 5.74) is 1.16. The third-order valence-corrected chi connectivity index (χ3v) is 5.88. The lowest BCUT2D eigenvalue weighted by atomic mass is 10.0. The Morgan fingerprint density at radius 1 is 1.21 bits per heavy atom. The molecule has 0 saturated carbocycles. The normalized spacial score (nSPS) is 15.1. The van der Waals surface area contributed by atoms with Crippen molar-refractivity contribution in [2.45, 2.75) is 45.8 Å². The van der Waals surface area contributed by atoms with Gasteiger partial charge >= 0.3 is 0 Å². The van der Waals surface area contributed by atoms with E-state index < -0.39 is 0 Å². The lowest BCUT2D eigenvalue weighted by Gasteiger charge is -2.22. The van der Waals surface area contributed by atoms with E-state index in [2.05, 4.69) is 44.9 Å². The zero-order chi connectivity index (χ0) is 23.9. The number of benzene rings is 1. The minimum Gasteiger partial charge on any atom is -0.491 e. The number of carbonyl (C=O) groups excluding carboxylic acids is 1. The zero-order valence-electron chi connectivity index (χ0n) is 19.8. The second-order valence-corrected chi connectivity index (χ2v) is 9.00. The molecule has 0 radical (unpaired) electrons. The third-order valence-electron chi connectivity index (χ3n) is 5.88. The Morgan fingerprint density at radius 3 is 2.85 bits per heavy atom. The number of aliphatic hydroxyl groups excluding tert-OH is 1. The van der Waals surface area contributed by atoms with E-state index in [1.165, 1.54) is 6.26 Å². The lowest BCUT2D eigenvalue weighted by Crippen LogP contribution is -2.32. The molecule has 0 bridgehead atoms. The van der Waals surface area contributed by atoms with Gasteiger partial charge in [-0.1, -0.05) is 26.0 Å². The fourth-order valence-electron chi connectivity index (χ4n) is 4.30. The molecule has 4 rings (SSSR count). The highest BCUT2D eigenvalue weighted by atomic mass is 16.5. The highest BCUT2D eigenvalue weighted by Gasteiger charge is 2.27. The number of fused-ring (bicyclic) bond motifs is 1. The van der Waals surface area contributed by atoms with Crippen molar-refractivity contribution in [1.82, 2.24) is 25.0 Å². The van der Waals surface area contributed by atoms with Gasteiger partial charge in [-0.05, 0) is 42.2 Å². The number of rotatable bonds is 10. The van der Waals surface area contributed by atoms with E-state index in [4.69, 9.17) is 14.3 Å². The Labute approximate surface area is 199 Å². The van der Waals surface area contributed by atoms with Crippen LogP contribution in [0.3, 0.4) is 0 Å². The maximum absolute atomic E-state index is 12.7. The zero-order valence-corrected chi connectivity index (χ0v) is 19.8. The van der Waals surface area contributed by atoms with Crippen LogP contribution in [-0.2, 0) is 19.5 Å². The van der Waals surface area contributed by atoms with Crippen LogP contribution in [0.1, 0.15) is 54.1 Å². The molecule has 2 N–H and O–H groups in total. The molecule has 1 atom stereocenters. The number of hydrogen-bond acceptors (Lipinski definition) is 7. The summed E-state index contributed by atoms with van der Waals surface area (Å²) in [5.74, 6) is 2.93. The molecule has 3 heterocycles. The summed E-state index contributed by atoms with van der Waals surface area (Å²) in [6, 6.07) is 11.1. The van der Waals surface area contributed by atoms with Gasteiger partial charge in [-0.3, -0.25) is 9.69 Å². The standard InChI is InChI=1S/C25H33N5O4/c1-18(2)15-21(26-25(32)22-7-4-13-34-22)24-28-27-23-8-9-29(10-11-30(23)24)17-19-5-3-6-20(16-19)33-14-12-31/h3-7,13,16,18,21,31H,8-12,14-15,17H2,1-2H3,(H,26,32)/t21-/m0/s1. The topological polar surface area (TPSA) is 106 Å². The number of carbonyl (C=O) groups is 1. The first kappa shape index (κ1) is 24.0. The van der Waals surface area contributed by atoms with Gasteiger partial charge in [0.2, 0.25) is 0 Å². The van der Waals surface area contributed by atoms with Gasteiger partial charge in [-0.25, -0.2) is 0 Å². The molecule has 9 heteroatoms. The number of nitrogens with one attached hydrogen (secondary N) is 1. The predicted molar refractivity (Wildman–Crippen MR) is 126 cm³/mol. The predicted octanol–water partition coefficient (Wildman–Crippen LogP) is 2.82. The molecule has 3 aromatic rings. The fraction of sp³-hybridized carbons (Fsp3) is 0.480. The summed E-state index contributed by atoms with van der Waals surface area (Å²) in [6.45, 7) is 7.82. The molecule has 1 aromatic carbocycles. The number of aromatic nitrogens is 3. The molecular formula is C25H33N5O4. The monoisotopic (exact) mass is 467 g/mol. The number of aliphatic hydroxyl groups is 1. The average molecular weight is 468 g/mol. The smallest absolute Gasteiger partial charge is 0.287 e. The Kier molecular flexibility index (Phi) is 7.97. The van der Waals surface area contributed by atoms with Gasteiger partial charge in [0.1, 0.15) is 18.2 Å². The maximum atomic E-state index is 12.7. The van der Waals surface area contributed by atoms with Crippen molar-refractivity contribution < 1.29 is 19.1 Å². The number of amides is 1. The SMILES string of the molecule is CC(C)C[C@H](NC(=O)c1ccco1)c1nnc2n1CCN(Cc1cccc(OCCO)c1)CC2. The van der Waals surface area contributed by atoms with Crippen molar-refractivity contribution in [3.8, 4) is 5.75 Å². The third kappa shape index (κ3) is 6.03. The highest BCUT2D eigenvalue weighted by Crippen LogP contribution is 2.23. The number of nitrogens with zero attached hydrogens (tertiary/aromatic N) is 4. The Balaban J connectivity index is 1.45. The Hall–Kier alpha value is -3.17. The first-order valence-electron chi connectivity index (χ1n) is 11.8. The second kappa shape index (κ2) is 11.3. The maximum Gasteiger partial charge on any atom is 0.287 e. The molecule has 0 aliphatic carbocycles. The van der Waals surface area contributed by atoms with E-state index in [-0.39, 0.29) is 25.2 Å². The van der Waals surface area contributed by atoms with Crippen LogP contribution in [0.4, 0.5) is 0 Å². The summed E-state index contributed by atoms with van der Waals surface area (Å²) < 4.78 is 13.0. The first-order valence-corrected chi connectivity index (χ1v) is 11.8. The van der Waals surface area contributed by atoms with E-state index in [0.717, 1.165) is 62.0 Å². The number of hydrogen-bond donors (Lipinski definition) is 2. The van der Waals surface area contributed by atoms with Gasteiger partial charge in [0.25, 0.3) is 5.91 Å². The van der Waals surface area contributed by atoms with Crippen molar-refractivity contribution in [2.24, 2.45) is 5.92 Å². The van der Waals surface area contributed by atoms with Crippen LogP contribution in [0.5, 0.6) is 5.75 Å². The van der Waals surface area contributed by atoms with Crippen molar-refractivity contribution in [3.05, 3.63) is 65.6 Å². The molecule has 182 valence electrons. The number of furan rings is 1. The van der Waals surface area contributed by atoms with Gasteiger partial charge in [-0.15, -0.1) is 10.2 Å². The van der Waals surface area contributed by atoms with Crippen LogP contribution in [0, 0.1) is 5.92 Å².